The Balaban J connectivity index is 2.01. The second-order valence-corrected chi connectivity index (χ2v) is 9.92. The molecule has 9 nitrogen and oxygen atoms in total. The van der Waals surface area contributed by atoms with Crippen molar-refractivity contribution >= 4 is 40.7 Å². The van der Waals surface area contributed by atoms with Crippen LogP contribution in [0.25, 0.3) is 0 Å². The van der Waals surface area contributed by atoms with Crippen molar-refractivity contribution in [1.29, 1.82) is 0 Å². The Labute approximate surface area is 219 Å². The summed E-state index contributed by atoms with van der Waals surface area (Å²) in [5, 5.41) is 23.3. The molecule has 0 aromatic heterocycles. The number of hydrogen-bond acceptors (Lipinski definition) is 7. The number of carbonyl (C=O) groups is 3. The van der Waals surface area contributed by atoms with E-state index in [1.165, 1.54) is 7.11 Å². The first kappa shape index (κ1) is 27.4. The summed E-state index contributed by atoms with van der Waals surface area (Å²) in [5.74, 6) is 0.214. The van der Waals surface area contributed by atoms with Gasteiger partial charge in [0.1, 0.15) is 18.5 Å². The molecular weight excluding hydrogens is 567 g/mol. The highest BCUT2D eigenvalue weighted by Crippen LogP contribution is 2.38. The summed E-state index contributed by atoms with van der Waals surface area (Å²) in [4.78, 5) is 39.0. The highest BCUT2D eigenvalue weighted by molar-refractivity contribution is 14.1. The molecule has 3 rings (SSSR count). The van der Waals surface area contributed by atoms with Crippen LogP contribution in [0.1, 0.15) is 55.8 Å². The van der Waals surface area contributed by atoms with Crippen LogP contribution in [-0.2, 0) is 9.59 Å². The van der Waals surface area contributed by atoms with Gasteiger partial charge in [-0.2, -0.15) is 0 Å². The van der Waals surface area contributed by atoms with Gasteiger partial charge >= 0.3 is 0 Å². The van der Waals surface area contributed by atoms with E-state index in [1.807, 2.05) is 22.6 Å². The molecule has 3 atom stereocenters. The summed E-state index contributed by atoms with van der Waals surface area (Å²) in [6.45, 7) is 1.68. The molecule has 1 aromatic rings. The van der Waals surface area contributed by atoms with Crippen molar-refractivity contribution in [2.45, 2.75) is 69.7 Å². The predicted octanol–water partition coefficient (Wildman–Crippen LogP) is 2.21. The van der Waals surface area contributed by atoms with Crippen LogP contribution in [0.3, 0.4) is 0 Å². The molecule has 0 unspecified atom stereocenters. The molecule has 0 radical (unpaired) electrons. The van der Waals surface area contributed by atoms with Gasteiger partial charge in [-0.1, -0.05) is 19.8 Å². The molecule has 1 saturated carbocycles. The summed E-state index contributed by atoms with van der Waals surface area (Å²) in [5.41, 5.74) is 0.797. The standard InChI is InChI=1S/C25H33IN2O7/c1-3-22(31)28(17-6-4-5-7-17)19-12-16(25(33)27-8-9-29)13-20(23(19)32)35-24-18(26)10-15(14-30)11-21(24)34-2/h10-11,13-14,17,19-20,23,29,32H,3-9,12H2,1-2H3,(H,27,33)/t19-,20+,23+/m1/s1. The van der Waals surface area contributed by atoms with Crippen molar-refractivity contribution in [3.05, 3.63) is 32.9 Å². The van der Waals surface area contributed by atoms with Crippen molar-refractivity contribution in [3.8, 4) is 11.5 Å². The summed E-state index contributed by atoms with van der Waals surface area (Å²) in [7, 11) is 1.46. The zero-order chi connectivity index (χ0) is 25.5. The van der Waals surface area contributed by atoms with Crippen molar-refractivity contribution < 1.29 is 34.1 Å². The number of hydrogen-bond donors (Lipinski definition) is 3. The lowest BCUT2D eigenvalue weighted by Gasteiger charge is -2.43. The number of nitrogens with one attached hydrogen (secondary N) is 1. The molecule has 192 valence electrons. The number of rotatable bonds is 10. The van der Waals surface area contributed by atoms with E-state index in [9.17, 15) is 19.5 Å². The fourth-order valence-corrected chi connectivity index (χ4v) is 5.58. The van der Waals surface area contributed by atoms with Gasteiger partial charge in [-0.15, -0.1) is 0 Å². The van der Waals surface area contributed by atoms with Gasteiger partial charge in [-0.25, -0.2) is 0 Å². The Morgan fingerprint density at radius 2 is 2.00 bits per heavy atom. The van der Waals surface area contributed by atoms with E-state index in [-0.39, 0.29) is 37.4 Å². The largest absolute Gasteiger partial charge is 0.493 e. The van der Waals surface area contributed by atoms with Crippen molar-refractivity contribution in [3.63, 3.8) is 0 Å². The first-order chi connectivity index (χ1) is 16.8. The van der Waals surface area contributed by atoms with Gasteiger partial charge in [0.05, 0.1) is 23.3 Å². The summed E-state index contributed by atoms with van der Waals surface area (Å²) < 4.78 is 12.2. The van der Waals surface area contributed by atoms with Crippen molar-refractivity contribution in [2.24, 2.45) is 0 Å². The van der Waals surface area contributed by atoms with Gasteiger partial charge in [-0.3, -0.25) is 14.4 Å². The quantitative estimate of drug-likeness (QED) is 0.278. The normalized spacial score (nSPS) is 22.3. The third-order valence-electron chi connectivity index (χ3n) is 6.52. The minimum Gasteiger partial charge on any atom is -0.493 e. The maximum atomic E-state index is 13.0. The number of halogens is 1. The molecule has 10 heteroatoms. The predicted molar refractivity (Wildman–Crippen MR) is 137 cm³/mol. The first-order valence-electron chi connectivity index (χ1n) is 11.9. The molecule has 0 saturated heterocycles. The summed E-state index contributed by atoms with van der Waals surface area (Å²) >= 11 is 2.03. The molecule has 3 N–H and O–H groups in total. The third-order valence-corrected chi connectivity index (χ3v) is 7.32. The minimum absolute atomic E-state index is 0.00384. The van der Waals surface area contributed by atoms with Crippen LogP contribution in [-0.4, -0.2) is 77.8 Å². The monoisotopic (exact) mass is 600 g/mol. The van der Waals surface area contributed by atoms with E-state index in [1.54, 1.807) is 30.0 Å². The summed E-state index contributed by atoms with van der Waals surface area (Å²) in [6.07, 6.45) is 4.45. The number of aliphatic hydroxyl groups excluding tert-OH is 2. The number of aldehydes is 1. The molecule has 35 heavy (non-hydrogen) atoms. The number of ether oxygens (including phenoxy) is 2. The maximum Gasteiger partial charge on any atom is 0.247 e. The lowest BCUT2D eigenvalue weighted by molar-refractivity contribution is -0.141. The van der Waals surface area contributed by atoms with Crippen molar-refractivity contribution in [2.75, 3.05) is 20.3 Å². The van der Waals surface area contributed by atoms with Crippen LogP contribution < -0.4 is 14.8 Å². The van der Waals surface area contributed by atoms with Gasteiger partial charge < -0.3 is 29.9 Å². The molecule has 2 aliphatic rings. The molecule has 2 aliphatic carbocycles. The minimum atomic E-state index is -1.09. The molecule has 1 aromatic carbocycles. The highest BCUT2D eigenvalue weighted by atomic mass is 127. The number of nitrogens with zero attached hydrogens (tertiary/aromatic N) is 1. The smallest absolute Gasteiger partial charge is 0.247 e. The van der Waals surface area contributed by atoms with Crippen LogP contribution in [0.15, 0.2) is 23.8 Å². The third kappa shape index (κ3) is 6.34. The molecule has 0 heterocycles. The van der Waals surface area contributed by atoms with E-state index in [4.69, 9.17) is 14.6 Å². The molecule has 2 amide bonds. The zero-order valence-corrected chi connectivity index (χ0v) is 22.2. The van der Waals surface area contributed by atoms with E-state index >= 15 is 0 Å². The molecule has 0 aliphatic heterocycles. The number of amides is 2. The van der Waals surface area contributed by atoms with E-state index in [0.717, 1.165) is 25.7 Å². The Kier molecular flexibility index (Phi) is 9.93. The van der Waals surface area contributed by atoms with Crippen LogP contribution in [0.2, 0.25) is 0 Å². The fourth-order valence-electron chi connectivity index (χ4n) is 4.83. The topological polar surface area (TPSA) is 125 Å². The molecule has 0 spiro atoms. The van der Waals surface area contributed by atoms with Gasteiger partial charge in [0.25, 0.3) is 0 Å². The number of benzene rings is 1. The van der Waals surface area contributed by atoms with Crippen LogP contribution in [0.5, 0.6) is 11.5 Å². The first-order valence-corrected chi connectivity index (χ1v) is 13.0. The second-order valence-electron chi connectivity index (χ2n) is 8.76. The summed E-state index contributed by atoms with van der Waals surface area (Å²) in [6, 6.07) is 2.54. The maximum absolute atomic E-state index is 13.0. The average molecular weight is 600 g/mol. The molecular formula is C25H33IN2O7. The fraction of sp³-hybridized carbons (Fsp3) is 0.560. The molecule has 0 bridgehead atoms. The van der Waals surface area contributed by atoms with E-state index in [2.05, 4.69) is 5.32 Å². The lowest BCUT2D eigenvalue weighted by Crippen LogP contribution is -2.57. The Morgan fingerprint density at radius 1 is 1.29 bits per heavy atom. The number of aliphatic hydroxyl groups is 2. The van der Waals surface area contributed by atoms with E-state index < -0.39 is 18.2 Å². The number of carbonyl (C=O) groups excluding carboxylic acids is 3. The Bertz CT molecular complexity index is 961. The average Bonchev–Trinajstić information content (AvgIpc) is 3.39. The van der Waals surface area contributed by atoms with Gasteiger partial charge in [0.2, 0.25) is 11.8 Å². The van der Waals surface area contributed by atoms with Gasteiger partial charge in [0.15, 0.2) is 11.5 Å². The SMILES string of the molecule is CCC(=O)N(C1CCCC1)[C@@H]1CC(C(=O)NCCO)=C[C@H](Oc2c(I)cc(C=O)cc2OC)[C@H]1O. The Hall–Kier alpha value is -2.18. The highest BCUT2D eigenvalue weighted by Gasteiger charge is 2.43. The van der Waals surface area contributed by atoms with Gasteiger partial charge in [-0.05, 0) is 53.6 Å². The zero-order valence-electron chi connectivity index (χ0n) is 20.0. The van der Waals surface area contributed by atoms with Crippen LogP contribution in [0.4, 0.5) is 0 Å². The van der Waals surface area contributed by atoms with Gasteiger partial charge in [0, 0.05) is 36.6 Å². The Morgan fingerprint density at radius 3 is 2.60 bits per heavy atom. The van der Waals surface area contributed by atoms with Crippen LogP contribution >= 0.6 is 22.6 Å². The van der Waals surface area contributed by atoms with Crippen molar-refractivity contribution in [1.82, 2.24) is 10.2 Å². The molecule has 1 fully saturated rings. The van der Waals surface area contributed by atoms with E-state index in [0.29, 0.717) is 38.9 Å². The van der Waals surface area contributed by atoms with Crippen LogP contribution in [0, 0.1) is 3.57 Å². The number of methoxy groups -OCH3 is 1. The lowest BCUT2D eigenvalue weighted by atomic mass is 9.87. The second kappa shape index (κ2) is 12.7.